The van der Waals surface area contributed by atoms with Crippen LogP contribution in [0.3, 0.4) is 0 Å². The molecule has 0 radical (unpaired) electrons. The summed E-state index contributed by atoms with van der Waals surface area (Å²) in [6.07, 6.45) is 1.94. The van der Waals surface area contributed by atoms with Crippen LogP contribution in [0.2, 0.25) is 0 Å². The number of carbonyl (C=O) groups is 1. The number of pyridine rings is 1. The number of amides is 1. The quantitative estimate of drug-likeness (QED) is 0.860. The highest BCUT2D eigenvalue weighted by molar-refractivity contribution is 5.85. The second-order valence-electron chi connectivity index (χ2n) is 4.39. The van der Waals surface area contributed by atoms with E-state index in [-0.39, 0.29) is 11.4 Å². The fourth-order valence-corrected chi connectivity index (χ4v) is 1.11. The lowest BCUT2D eigenvalue weighted by Crippen LogP contribution is -2.27. The van der Waals surface area contributed by atoms with Gasteiger partial charge >= 0.3 is 6.09 Å². The van der Waals surface area contributed by atoms with Crippen molar-refractivity contribution in [3.8, 4) is 0 Å². The molecule has 0 aliphatic rings. The summed E-state index contributed by atoms with van der Waals surface area (Å²) in [5.41, 5.74) is -0.530. The fourth-order valence-electron chi connectivity index (χ4n) is 1.11. The SMILES string of the molecule is C=Cc1nccc(NC(=O)OC(C)(C)C)c1F. The van der Waals surface area contributed by atoms with Gasteiger partial charge in [0.15, 0.2) is 5.82 Å². The molecular weight excluding hydrogens is 223 g/mol. The average molecular weight is 238 g/mol. The number of ether oxygens (including phenoxy) is 1. The summed E-state index contributed by atoms with van der Waals surface area (Å²) < 4.78 is 18.7. The molecule has 0 saturated heterocycles. The second-order valence-corrected chi connectivity index (χ2v) is 4.39. The van der Waals surface area contributed by atoms with Gasteiger partial charge in [-0.2, -0.15) is 0 Å². The molecule has 0 atom stereocenters. The molecule has 1 rings (SSSR count). The van der Waals surface area contributed by atoms with Crippen LogP contribution in [0.25, 0.3) is 6.08 Å². The number of aromatic nitrogens is 1. The van der Waals surface area contributed by atoms with Crippen LogP contribution in [0.15, 0.2) is 18.8 Å². The van der Waals surface area contributed by atoms with Gasteiger partial charge in [-0.1, -0.05) is 6.58 Å². The summed E-state index contributed by atoms with van der Waals surface area (Å²) in [5, 5.41) is 2.32. The summed E-state index contributed by atoms with van der Waals surface area (Å²) in [6, 6.07) is 1.35. The minimum atomic E-state index is -0.711. The lowest BCUT2D eigenvalue weighted by Gasteiger charge is -2.19. The van der Waals surface area contributed by atoms with Crippen molar-refractivity contribution in [2.45, 2.75) is 26.4 Å². The van der Waals surface area contributed by atoms with E-state index in [0.29, 0.717) is 0 Å². The number of anilines is 1. The molecule has 0 aliphatic carbocycles. The van der Waals surface area contributed by atoms with E-state index in [2.05, 4.69) is 16.9 Å². The number of hydrogen-bond acceptors (Lipinski definition) is 3. The maximum atomic E-state index is 13.7. The highest BCUT2D eigenvalue weighted by Gasteiger charge is 2.17. The first-order valence-electron chi connectivity index (χ1n) is 5.10. The summed E-state index contributed by atoms with van der Waals surface area (Å²) >= 11 is 0. The number of halogens is 1. The molecule has 17 heavy (non-hydrogen) atoms. The van der Waals surface area contributed by atoms with Crippen LogP contribution in [0.1, 0.15) is 26.5 Å². The maximum Gasteiger partial charge on any atom is 0.412 e. The molecule has 0 aliphatic heterocycles. The molecule has 4 nitrogen and oxygen atoms in total. The molecule has 1 amide bonds. The number of nitrogens with one attached hydrogen (secondary N) is 1. The Hall–Kier alpha value is -1.91. The molecule has 0 aromatic carbocycles. The van der Waals surface area contributed by atoms with Crippen LogP contribution in [0.4, 0.5) is 14.9 Å². The monoisotopic (exact) mass is 238 g/mol. The van der Waals surface area contributed by atoms with Gasteiger partial charge < -0.3 is 4.74 Å². The second kappa shape index (κ2) is 4.95. The van der Waals surface area contributed by atoms with Crippen molar-refractivity contribution in [2.75, 3.05) is 5.32 Å². The van der Waals surface area contributed by atoms with E-state index < -0.39 is 17.5 Å². The Kier molecular flexibility index (Phi) is 3.83. The van der Waals surface area contributed by atoms with Crippen LogP contribution in [-0.2, 0) is 4.74 Å². The van der Waals surface area contributed by atoms with Crippen LogP contribution in [-0.4, -0.2) is 16.7 Å². The normalized spacial score (nSPS) is 10.8. The standard InChI is InChI=1S/C12H15FN2O2/c1-5-8-10(13)9(6-7-14-8)15-11(16)17-12(2,3)4/h5-7H,1H2,2-4H3,(H,14,15,16). The van der Waals surface area contributed by atoms with E-state index in [4.69, 9.17) is 4.74 Å². The van der Waals surface area contributed by atoms with Crippen molar-refractivity contribution in [3.63, 3.8) is 0 Å². The third-order valence-electron chi connectivity index (χ3n) is 1.75. The predicted molar refractivity (Wildman–Crippen MR) is 64.1 cm³/mol. The first kappa shape index (κ1) is 13.2. The van der Waals surface area contributed by atoms with Crippen molar-refractivity contribution in [3.05, 3.63) is 30.4 Å². The van der Waals surface area contributed by atoms with E-state index in [1.165, 1.54) is 18.3 Å². The minimum Gasteiger partial charge on any atom is -0.444 e. The van der Waals surface area contributed by atoms with Crippen molar-refractivity contribution < 1.29 is 13.9 Å². The van der Waals surface area contributed by atoms with Crippen LogP contribution in [0.5, 0.6) is 0 Å². The third kappa shape index (κ3) is 3.86. The van der Waals surface area contributed by atoms with Gasteiger partial charge in [0.2, 0.25) is 0 Å². The van der Waals surface area contributed by atoms with Gasteiger partial charge in [-0.15, -0.1) is 0 Å². The molecule has 1 N–H and O–H groups in total. The Balaban J connectivity index is 2.82. The highest BCUT2D eigenvalue weighted by Crippen LogP contribution is 2.17. The first-order valence-corrected chi connectivity index (χ1v) is 5.10. The topological polar surface area (TPSA) is 51.2 Å². The van der Waals surface area contributed by atoms with Crippen LogP contribution >= 0.6 is 0 Å². The van der Waals surface area contributed by atoms with Gasteiger partial charge in [0.05, 0.1) is 5.69 Å². The first-order chi connectivity index (χ1) is 7.83. The molecule has 5 heteroatoms. The van der Waals surface area contributed by atoms with Crippen molar-refractivity contribution >= 4 is 17.9 Å². The van der Waals surface area contributed by atoms with Gasteiger partial charge in [0.25, 0.3) is 0 Å². The summed E-state index contributed by atoms with van der Waals surface area (Å²) in [5.74, 6) is -0.631. The Bertz CT molecular complexity index is 439. The molecule has 0 bridgehead atoms. The number of carbonyl (C=O) groups excluding carboxylic acids is 1. The van der Waals surface area contributed by atoms with Gasteiger partial charge in [0.1, 0.15) is 11.3 Å². The Morgan fingerprint density at radius 3 is 2.76 bits per heavy atom. The molecule has 0 spiro atoms. The smallest absolute Gasteiger partial charge is 0.412 e. The molecule has 0 unspecified atom stereocenters. The number of nitrogens with zero attached hydrogens (tertiary/aromatic N) is 1. The van der Waals surface area contributed by atoms with E-state index in [9.17, 15) is 9.18 Å². The maximum absolute atomic E-state index is 13.7. The van der Waals surface area contributed by atoms with Crippen molar-refractivity contribution in [1.82, 2.24) is 4.98 Å². The lowest BCUT2D eigenvalue weighted by atomic mass is 10.2. The Labute approximate surface area is 99.5 Å². The van der Waals surface area contributed by atoms with E-state index >= 15 is 0 Å². The van der Waals surface area contributed by atoms with Gasteiger partial charge in [-0.3, -0.25) is 10.3 Å². The zero-order valence-electron chi connectivity index (χ0n) is 10.1. The summed E-state index contributed by atoms with van der Waals surface area (Å²) in [6.45, 7) is 8.61. The molecule has 1 heterocycles. The Morgan fingerprint density at radius 2 is 2.24 bits per heavy atom. The molecule has 92 valence electrons. The molecular formula is C12H15FN2O2. The predicted octanol–water partition coefficient (Wildman–Crippen LogP) is 3.21. The molecule has 1 aromatic rings. The molecule has 0 fully saturated rings. The largest absolute Gasteiger partial charge is 0.444 e. The highest BCUT2D eigenvalue weighted by atomic mass is 19.1. The van der Waals surface area contributed by atoms with Gasteiger partial charge in [-0.25, -0.2) is 9.18 Å². The van der Waals surface area contributed by atoms with E-state index in [0.717, 1.165) is 0 Å². The van der Waals surface area contributed by atoms with Crippen molar-refractivity contribution in [2.24, 2.45) is 0 Å². The summed E-state index contributed by atoms with van der Waals surface area (Å²) in [4.78, 5) is 15.2. The van der Waals surface area contributed by atoms with Gasteiger partial charge in [-0.05, 0) is 32.9 Å². The zero-order chi connectivity index (χ0) is 13.1. The molecule has 1 aromatic heterocycles. The van der Waals surface area contributed by atoms with Gasteiger partial charge in [0, 0.05) is 6.20 Å². The third-order valence-corrected chi connectivity index (χ3v) is 1.75. The molecule has 0 saturated carbocycles. The average Bonchev–Trinajstić information content (AvgIpc) is 2.18. The van der Waals surface area contributed by atoms with Crippen LogP contribution < -0.4 is 5.32 Å². The fraction of sp³-hybridized carbons (Fsp3) is 0.333. The van der Waals surface area contributed by atoms with Crippen LogP contribution in [0, 0.1) is 5.82 Å². The minimum absolute atomic E-state index is 0.0177. The van der Waals surface area contributed by atoms with E-state index in [1.54, 1.807) is 20.8 Å². The lowest BCUT2D eigenvalue weighted by molar-refractivity contribution is 0.0635. The van der Waals surface area contributed by atoms with E-state index in [1.807, 2.05) is 0 Å². The zero-order valence-corrected chi connectivity index (χ0v) is 10.1. The number of rotatable bonds is 2. The summed E-state index contributed by atoms with van der Waals surface area (Å²) in [7, 11) is 0. The Morgan fingerprint density at radius 1 is 1.59 bits per heavy atom. The van der Waals surface area contributed by atoms with Crippen molar-refractivity contribution in [1.29, 1.82) is 0 Å². The number of hydrogen-bond donors (Lipinski definition) is 1.